The van der Waals surface area contributed by atoms with Crippen LogP contribution in [0.25, 0.3) is 21.5 Å². The monoisotopic (exact) mass is 576 g/mol. The highest BCUT2D eigenvalue weighted by atomic mass is 32.2. The van der Waals surface area contributed by atoms with Crippen molar-refractivity contribution in [2.45, 2.75) is 19.6 Å². The van der Waals surface area contributed by atoms with Gasteiger partial charge in [-0.15, -0.1) is 0 Å². The molecule has 192 valence electrons. The lowest BCUT2D eigenvalue weighted by Crippen LogP contribution is -2.02. The van der Waals surface area contributed by atoms with Gasteiger partial charge in [0.2, 0.25) is 0 Å². The second kappa shape index (κ2) is 9.49. The van der Waals surface area contributed by atoms with Crippen molar-refractivity contribution in [1.82, 2.24) is 0 Å². The lowest BCUT2D eigenvalue weighted by Gasteiger charge is -2.06. The Labute approximate surface area is 205 Å². The smallest absolute Gasteiger partial charge is 0.282 e. The number of benzene rings is 4. The normalized spacial score (nSPS) is 12.8. The van der Waals surface area contributed by atoms with Crippen LogP contribution < -0.4 is 0 Å². The quantitative estimate of drug-likeness (QED) is 0.258. The minimum atomic E-state index is -4.47. The van der Waals surface area contributed by atoms with Crippen LogP contribution >= 0.6 is 0 Å². The number of fused-ring (bicyclic) bond motifs is 2. The summed E-state index contributed by atoms with van der Waals surface area (Å²) in [5, 5.41) is 0.0931. The summed E-state index contributed by atoms with van der Waals surface area (Å²) in [6.45, 7) is 0. The van der Waals surface area contributed by atoms with Crippen LogP contribution in [0.1, 0.15) is 0 Å². The van der Waals surface area contributed by atoms with Gasteiger partial charge in [0.1, 0.15) is 19.6 Å². The van der Waals surface area contributed by atoms with Gasteiger partial charge < -0.3 is 0 Å². The number of rotatable bonds is 4. The Balaban J connectivity index is 0.000000201. The molecule has 0 saturated heterocycles. The molecule has 0 bridgehead atoms. The lowest BCUT2D eigenvalue weighted by atomic mass is 10.1. The highest BCUT2D eigenvalue weighted by Crippen LogP contribution is 2.29. The topological polar surface area (TPSA) is 217 Å². The zero-order valence-electron chi connectivity index (χ0n) is 17.6. The Morgan fingerprint density at radius 3 is 0.639 bits per heavy atom. The van der Waals surface area contributed by atoms with E-state index in [1.807, 2.05) is 0 Å². The maximum atomic E-state index is 11.2. The van der Waals surface area contributed by atoms with Gasteiger partial charge in [0.05, 0.1) is 0 Å². The summed E-state index contributed by atoms with van der Waals surface area (Å²) >= 11 is 0. The van der Waals surface area contributed by atoms with Crippen molar-refractivity contribution >= 4 is 62.0 Å². The van der Waals surface area contributed by atoms with E-state index in [1.54, 1.807) is 0 Å². The minimum absolute atomic E-state index is 0.0233. The van der Waals surface area contributed by atoms with E-state index >= 15 is 0 Å². The maximum Gasteiger partial charge on any atom is 0.295 e. The van der Waals surface area contributed by atoms with E-state index in [1.165, 1.54) is 48.5 Å². The van der Waals surface area contributed by atoms with Gasteiger partial charge in [-0.3, -0.25) is 18.2 Å². The van der Waals surface area contributed by atoms with Crippen molar-refractivity contribution in [3.8, 4) is 0 Å². The Morgan fingerprint density at radius 1 is 0.333 bits per heavy atom. The molecule has 4 rings (SSSR count). The summed E-state index contributed by atoms with van der Waals surface area (Å²) in [6.07, 6.45) is 0. The fraction of sp³-hybridized carbons (Fsp3) is 0. The molecule has 0 fully saturated rings. The fourth-order valence-electron chi connectivity index (χ4n) is 3.40. The molecule has 0 saturated carbocycles. The van der Waals surface area contributed by atoms with Crippen LogP contribution in [0.15, 0.2) is 92.4 Å². The molecule has 0 unspecified atom stereocenters. The van der Waals surface area contributed by atoms with Crippen molar-refractivity contribution in [1.29, 1.82) is 0 Å². The van der Waals surface area contributed by atoms with Gasteiger partial charge in [0, 0.05) is 21.5 Å². The first-order valence-electron chi connectivity index (χ1n) is 9.36. The zero-order chi connectivity index (χ0) is 27.1. The van der Waals surface area contributed by atoms with E-state index in [0.29, 0.717) is 0 Å². The first-order valence-corrected chi connectivity index (χ1v) is 15.1. The predicted molar refractivity (Wildman–Crippen MR) is 127 cm³/mol. The first-order chi connectivity index (χ1) is 16.4. The van der Waals surface area contributed by atoms with Gasteiger partial charge in [-0.1, -0.05) is 48.5 Å². The molecule has 4 aromatic carbocycles. The third kappa shape index (κ3) is 5.88. The summed E-state index contributed by atoms with van der Waals surface area (Å²) in [6, 6.07) is 15.1. The molecule has 0 spiro atoms. The Morgan fingerprint density at radius 2 is 0.500 bits per heavy atom. The molecule has 4 aromatic rings. The van der Waals surface area contributed by atoms with E-state index in [2.05, 4.69) is 0 Å². The van der Waals surface area contributed by atoms with Gasteiger partial charge in [-0.05, 0) is 24.3 Å². The van der Waals surface area contributed by atoms with E-state index in [0.717, 1.165) is 24.3 Å². The van der Waals surface area contributed by atoms with Crippen molar-refractivity contribution in [2.75, 3.05) is 0 Å². The van der Waals surface area contributed by atoms with Crippen molar-refractivity contribution in [3.63, 3.8) is 0 Å². The van der Waals surface area contributed by atoms with Crippen molar-refractivity contribution in [2.24, 2.45) is 0 Å². The van der Waals surface area contributed by atoms with Crippen LogP contribution in [0.2, 0.25) is 0 Å². The molecule has 0 aromatic heterocycles. The molecule has 36 heavy (non-hydrogen) atoms. The molecular formula is C20H16O12S4. The van der Waals surface area contributed by atoms with Crippen LogP contribution in [-0.4, -0.2) is 51.9 Å². The average Bonchev–Trinajstić information content (AvgIpc) is 2.75. The molecule has 0 radical (unpaired) electrons. The third-order valence-electron chi connectivity index (χ3n) is 4.80. The maximum absolute atomic E-state index is 11.2. The summed E-state index contributed by atoms with van der Waals surface area (Å²) in [7, 11) is -17.9. The molecule has 0 aliphatic rings. The van der Waals surface area contributed by atoms with E-state index < -0.39 is 60.1 Å². The van der Waals surface area contributed by atoms with Gasteiger partial charge in [-0.25, -0.2) is 0 Å². The van der Waals surface area contributed by atoms with E-state index in [4.69, 9.17) is 18.2 Å². The molecule has 0 atom stereocenters. The van der Waals surface area contributed by atoms with E-state index in [-0.39, 0.29) is 21.5 Å². The van der Waals surface area contributed by atoms with Gasteiger partial charge >= 0.3 is 0 Å². The fourth-order valence-corrected chi connectivity index (χ4v) is 6.23. The SMILES string of the molecule is O=S(=O)(O)c1cccc2c(S(=O)(=O)O)cccc12.O=S(=O)(O)c1cccc2c(S(=O)(=O)O)cccc12. The average molecular weight is 577 g/mol. The van der Waals surface area contributed by atoms with Gasteiger partial charge in [0.15, 0.2) is 0 Å². The molecule has 0 heterocycles. The summed E-state index contributed by atoms with van der Waals surface area (Å²) in [4.78, 5) is -1.65. The summed E-state index contributed by atoms with van der Waals surface area (Å²) in [5.74, 6) is 0. The van der Waals surface area contributed by atoms with Crippen LogP contribution in [-0.2, 0) is 40.5 Å². The Hall–Kier alpha value is -2.96. The van der Waals surface area contributed by atoms with E-state index in [9.17, 15) is 33.7 Å². The van der Waals surface area contributed by atoms with Crippen molar-refractivity contribution in [3.05, 3.63) is 72.8 Å². The first kappa shape index (κ1) is 27.6. The van der Waals surface area contributed by atoms with Crippen molar-refractivity contribution < 1.29 is 51.9 Å². The lowest BCUT2D eigenvalue weighted by molar-refractivity contribution is 0.481. The van der Waals surface area contributed by atoms with Crippen LogP contribution in [0, 0.1) is 0 Å². The molecule has 16 heteroatoms. The highest BCUT2D eigenvalue weighted by Gasteiger charge is 2.20. The molecule has 4 N–H and O–H groups in total. The van der Waals surface area contributed by atoms with Crippen LogP contribution in [0.3, 0.4) is 0 Å². The number of hydrogen-bond donors (Lipinski definition) is 4. The minimum Gasteiger partial charge on any atom is -0.282 e. The third-order valence-corrected chi connectivity index (χ3v) is 8.44. The standard InChI is InChI=1S/2C10H8O6S2/c2*11-17(12,13)9-5-1-3-7-8(9)4-2-6-10(7)18(14,15)16/h2*1-6H,(H,11,12,13)(H,14,15,16). The Kier molecular flexibility index (Phi) is 7.28. The van der Waals surface area contributed by atoms with Gasteiger partial charge in [-0.2, -0.15) is 33.7 Å². The zero-order valence-corrected chi connectivity index (χ0v) is 20.9. The highest BCUT2D eigenvalue weighted by molar-refractivity contribution is 7.87. The van der Waals surface area contributed by atoms with Crippen LogP contribution in [0.4, 0.5) is 0 Å². The Bertz CT molecular complexity index is 1640. The molecule has 0 aliphatic heterocycles. The largest absolute Gasteiger partial charge is 0.295 e. The molecule has 12 nitrogen and oxygen atoms in total. The predicted octanol–water partition coefficient (Wildman–Crippen LogP) is 2.67. The second-order valence-corrected chi connectivity index (χ2v) is 12.7. The number of hydrogen-bond acceptors (Lipinski definition) is 8. The van der Waals surface area contributed by atoms with Gasteiger partial charge in [0.25, 0.3) is 40.5 Å². The molecular weight excluding hydrogens is 560 g/mol. The molecule has 0 aliphatic carbocycles. The molecule has 0 amide bonds. The van der Waals surface area contributed by atoms with Crippen LogP contribution in [0.5, 0.6) is 0 Å². The summed E-state index contributed by atoms with van der Waals surface area (Å²) in [5.41, 5.74) is 0. The summed E-state index contributed by atoms with van der Waals surface area (Å²) < 4.78 is 125. The second-order valence-electron chi connectivity index (χ2n) is 7.12.